The summed E-state index contributed by atoms with van der Waals surface area (Å²) in [5, 5.41) is 1.89. The van der Waals surface area contributed by atoms with Gasteiger partial charge in [-0.1, -0.05) is 12.1 Å². The molecule has 74 valence electrons. The van der Waals surface area contributed by atoms with Crippen molar-refractivity contribution in [3.05, 3.63) is 58.6 Å². The zero-order valence-corrected chi connectivity index (χ0v) is 8.78. The molecule has 0 aromatic carbocycles. The van der Waals surface area contributed by atoms with Crippen molar-refractivity contribution in [2.45, 2.75) is 0 Å². The van der Waals surface area contributed by atoms with Gasteiger partial charge in [-0.05, 0) is 35.2 Å². The van der Waals surface area contributed by atoms with E-state index in [4.69, 9.17) is 0 Å². The number of aromatic nitrogens is 1. The Morgan fingerprint density at radius 1 is 1.33 bits per heavy atom. The number of carbonyl (C=O) groups is 1. The standard InChI is InChI=1S/C12H9NOS/c14-11(12-4-2-8-15-12)6-5-10-3-1-7-13-9-10/h1-9H/b6-5+. The van der Waals surface area contributed by atoms with Crippen molar-refractivity contribution in [3.63, 3.8) is 0 Å². The van der Waals surface area contributed by atoms with Crippen molar-refractivity contribution in [2.24, 2.45) is 0 Å². The molecular weight excluding hydrogens is 206 g/mol. The molecule has 2 nitrogen and oxygen atoms in total. The summed E-state index contributed by atoms with van der Waals surface area (Å²) >= 11 is 1.45. The van der Waals surface area contributed by atoms with Crippen molar-refractivity contribution in [2.75, 3.05) is 0 Å². The van der Waals surface area contributed by atoms with Crippen LogP contribution in [0.3, 0.4) is 0 Å². The minimum absolute atomic E-state index is 0.0360. The van der Waals surface area contributed by atoms with Crippen molar-refractivity contribution >= 4 is 23.2 Å². The summed E-state index contributed by atoms with van der Waals surface area (Å²) < 4.78 is 0. The summed E-state index contributed by atoms with van der Waals surface area (Å²) in [5.41, 5.74) is 0.933. The van der Waals surface area contributed by atoms with E-state index in [9.17, 15) is 4.79 Å². The first-order valence-electron chi connectivity index (χ1n) is 4.52. The third-order valence-corrected chi connectivity index (χ3v) is 2.76. The number of pyridine rings is 1. The van der Waals surface area contributed by atoms with Gasteiger partial charge >= 0.3 is 0 Å². The molecule has 0 spiro atoms. The number of hydrogen-bond acceptors (Lipinski definition) is 3. The van der Waals surface area contributed by atoms with Gasteiger partial charge in [-0.25, -0.2) is 0 Å². The highest BCUT2D eigenvalue weighted by atomic mass is 32.1. The highest BCUT2D eigenvalue weighted by molar-refractivity contribution is 7.12. The topological polar surface area (TPSA) is 30.0 Å². The Morgan fingerprint density at radius 3 is 2.93 bits per heavy atom. The van der Waals surface area contributed by atoms with Crippen LogP contribution in [0.2, 0.25) is 0 Å². The molecule has 0 aliphatic carbocycles. The van der Waals surface area contributed by atoms with E-state index in [-0.39, 0.29) is 5.78 Å². The van der Waals surface area contributed by atoms with Gasteiger partial charge in [0.05, 0.1) is 4.88 Å². The average molecular weight is 215 g/mol. The Bertz CT molecular complexity index is 460. The third kappa shape index (κ3) is 2.60. The fourth-order valence-electron chi connectivity index (χ4n) is 1.15. The van der Waals surface area contributed by atoms with Crippen LogP contribution < -0.4 is 0 Å². The van der Waals surface area contributed by atoms with Gasteiger partial charge in [0.15, 0.2) is 5.78 Å². The second-order valence-electron chi connectivity index (χ2n) is 2.96. The fraction of sp³-hybridized carbons (Fsp3) is 0. The van der Waals surface area contributed by atoms with Gasteiger partial charge < -0.3 is 0 Å². The summed E-state index contributed by atoms with van der Waals surface area (Å²) in [6.45, 7) is 0. The van der Waals surface area contributed by atoms with Gasteiger partial charge in [-0.15, -0.1) is 11.3 Å². The van der Waals surface area contributed by atoms with E-state index >= 15 is 0 Å². The van der Waals surface area contributed by atoms with Crippen LogP contribution in [-0.4, -0.2) is 10.8 Å². The van der Waals surface area contributed by atoms with E-state index in [1.165, 1.54) is 11.3 Å². The number of nitrogens with zero attached hydrogens (tertiary/aromatic N) is 1. The summed E-state index contributed by atoms with van der Waals surface area (Å²) in [7, 11) is 0. The molecule has 3 heteroatoms. The molecule has 2 aromatic heterocycles. The Kier molecular flexibility index (Phi) is 3.05. The van der Waals surface area contributed by atoms with E-state index in [0.717, 1.165) is 10.4 Å². The number of carbonyl (C=O) groups excluding carboxylic acids is 1. The van der Waals surface area contributed by atoms with Gasteiger partial charge in [-0.2, -0.15) is 0 Å². The van der Waals surface area contributed by atoms with Crippen LogP contribution in [0.15, 0.2) is 48.1 Å². The van der Waals surface area contributed by atoms with Gasteiger partial charge in [0.25, 0.3) is 0 Å². The monoisotopic (exact) mass is 215 g/mol. The second kappa shape index (κ2) is 4.66. The van der Waals surface area contributed by atoms with Crippen LogP contribution in [-0.2, 0) is 0 Å². The number of ketones is 1. The van der Waals surface area contributed by atoms with Crippen LogP contribution in [0, 0.1) is 0 Å². The molecule has 0 saturated heterocycles. The smallest absolute Gasteiger partial charge is 0.195 e. The lowest BCUT2D eigenvalue weighted by atomic mass is 10.2. The van der Waals surface area contributed by atoms with Crippen molar-refractivity contribution < 1.29 is 4.79 Å². The van der Waals surface area contributed by atoms with Gasteiger partial charge in [0.1, 0.15) is 0 Å². The van der Waals surface area contributed by atoms with E-state index in [1.807, 2.05) is 29.6 Å². The summed E-state index contributed by atoms with van der Waals surface area (Å²) in [6.07, 6.45) is 6.77. The van der Waals surface area contributed by atoms with Gasteiger partial charge in [0, 0.05) is 12.4 Å². The number of allylic oxidation sites excluding steroid dienone is 1. The Balaban J connectivity index is 2.10. The van der Waals surface area contributed by atoms with Crippen molar-refractivity contribution in [3.8, 4) is 0 Å². The Morgan fingerprint density at radius 2 is 2.27 bits per heavy atom. The maximum atomic E-state index is 11.6. The SMILES string of the molecule is O=C(/C=C/c1cccnc1)c1cccs1. The molecule has 15 heavy (non-hydrogen) atoms. The van der Waals surface area contributed by atoms with E-state index < -0.39 is 0 Å². The van der Waals surface area contributed by atoms with Crippen LogP contribution in [0.5, 0.6) is 0 Å². The molecule has 0 aliphatic heterocycles. The maximum Gasteiger partial charge on any atom is 0.195 e. The summed E-state index contributed by atoms with van der Waals surface area (Å²) in [5.74, 6) is 0.0360. The minimum Gasteiger partial charge on any atom is -0.288 e. The first-order chi connectivity index (χ1) is 7.36. The summed E-state index contributed by atoms with van der Waals surface area (Å²) in [6, 6.07) is 7.44. The van der Waals surface area contributed by atoms with Crippen LogP contribution in [0.25, 0.3) is 6.08 Å². The first-order valence-corrected chi connectivity index (χ1v) is 5.40. The zero-order chi connectivity index (χ0) is 10.5. The molecule has 0 saturated carbocycles. The van der Waals surface area contributed by atoms with Crippen molar-refractivity contribution in [1.29, 1.82) is 0 Å². The van der Waals surface area contributed by atoms with E-state index in [1.54, 1.807) is 24.5 Å². The molecule has 0 fully saturated rings. The molecule has 0 aliphatic rings. The highest BCUT2D eigenvalue weighted by Crippen LogP contribution is 2.10. The van der Waals surface area contributed by atoms with Gasteiger partial charge in [-0.3, -0.25) is 9.78 Å². The molecular formula is C12H9NOS. The predicted octanol–water partition coefficient (Wildman–Crippen LogP) is 3.04. The molecule has 0 radical (unpaired) electrons. The maximum absolute atomic E-state index is 11.6. The normalized spacial score (nSPS) is 10.7. The molecule has 2 rings (SSSR count). The second-order valence-corrected chi connectivity index (χ2v) is 3.91. The fourth-order valence-corrected chi connectivity index (χ4v) is 1.79. The minimum atomic E-state index is 0.0360. The zero-order valence-electron chi connectivity index (χ0n) is 7.96. The number of rotatable bonds is 3. The third-order valence-electron chi connectivity index (χ3n) is 1.88. The predicted molar refractivity (Wildman–Crippen MR) is 61.9 cm³/mol. The number of hydrogen-bond donors (Lipinski definition) is 0. The van der Waals surface area contributed by atoms with Crippen LogP contribution >= 0.6 is 11.3 Å². The highest BCUT2D eigenvalue weighted by Gasteiger charge is 2.00. The lowest BCUT2D eigenvalue weighted by Crippen LogP contribution is -1.88. The van der Waals surface area contributed by atoms with E-state index in [0.29, 0.717) is 0 Å². The molecule has 0 bridgehead atoms. The molecule has 0 unspecified atom stereocenters. The Hall–Kier alpha value is -1.74. The largest absolute Gasteiger partial charge is 0.288 e. The molecule has 0 amide bonds. The quantitative estimate of drug-likeness (QED) is 0.582. The van der Waals surface area contributed by atoms with E-state index in [2.05, 4.69) is 4.98 Å². The average Bonchev–Trinajstić information content (AvgIpc) is 2.81. The van der Waals surface area contributed by atoms with Crippen molar-refractivity contribution in [1.82, 2.24) is 4.98 Å². The molecule has 2 heterocycles. The Labute approximate surface area is 91.9 Å². The molecule has 0 atom stereocenters. The van der Waals surface area contributed by atoms with Gasteiger partial charge in [0.2, 0.25) is 0 Å². The number of thiophene rings is 1. The molecule has 0 N–H and O–H groups in total. The lowest BCUT2D eigenvalue weighted by Gasteiger charge is -1.90. The lowest BCUT2D eigenvalue weighted by molar-refractivity contribution is 0.105. The van der Waals surface area contributed by atoms with Crippen LogP contribution in [0.4, 0.5) is 0 Å². The summed E-state index contributed by atoms with van der Waals surface area (Å²) in [4.78, 5) is 16.3. The molecule has 2 aromatic rings. The first kappa shape index (κ1) is 9.80. The van der Waals surface area contributed by atoms with Crippen LogP contribution in [0.1, 0.15) is 15.2 Å².